The highest BCUT2D eigenvalue weighted by atomic mass is 16.5. The Balaban J connectivity index is 1.43. The summed E-state index contributed by atoms with van der Waals surface area (Å²) in [6.07, 6.45) is 4.00. The third-order valence-corrected chi connectivity index (χ3v) is 7.17. The zero-order valence-electron chi connectivity index (χ0n) is 18.2. The van der Waals surface area contributed by atoms with E-state index < -0.39 is 11.4 Å². The fourth-order valence-corrected chi connectivity index (χ4v) is 5.27. The van der Waals surface area contributed by atoms with Crippen LogP contribution >= 0.6 is 0 Å². The zero-order chi connectivity index (χ0) is 21.8. The second-order valence-corrected chi connectivity index (χ2v) is 8.98. The highest BCUT2D eigenvalue weighted by Crippen LogP contribution is 2.42. The molecule has 2 aromatic carbocycles. The maximum Gasteiger partial charge on any atom is 0.304 e. The van der Waals surface area contributed by atoms with Crippen molar-refractivity contribution in [3.05, 3.63) is 65.2 Å². The van der Waals surface area contributed by atoms with Crippen molar-refractivity contribution in [2.24, 2.45) is 5.41 Å². The number of aryl methyl sites for hydroxylation is 1. The number of nitrogens with zero attached hydrogens (tertiary/aromatic N) is 1. The Morgan fingerprint density at radius 1 is 1.16 bits per heavy atom. The fourth-order valence-electron chi connectivity index (χ4n) is 5.27. The van der Waals surface area contributed by atoms with Crippen LogP contribution in [0, 0.1) is 5.41 Å². The van der Waals surface area contributed by atoms with Crippen LogP contribution in [0.4, 0.5) is 0 Å². The normalized spacial score (nSPS) is 22.2. The number of piperidine rings is 1. The molecule has 1 atom stereocenters. The van der Waals surface area contributed by atoms with Gasteiger partial charge in [-0.25, -0.2) is 0 Å². The monoisotopic (exact) mass is 421 g/mol. The number of hydrogen-bond acceptors (Lipinski definition) is 4. The van der Waals surface area contributed by atoms with Crippen molar-refractivity contribution < 1.29 is 19.4 Å². The van der Waals surface area contributed by atoms with Gasteiger partial charge >= 0.3 is 5.97 Å². The van der Waals surface area contributed by atoms with Crippen LogP contribution in [0.25, 0.3) is 0 Å². The first-order chi connectivity index (χ1) is 15.0. The molecule has 5 nitrogen and oxygen atoms in total. The van der Waals surface area contributed by atoms with Crippen molar-refractivity contribution >= 4 is 11.8 Å². The molecular weight excluding hydrogens is 390 g/mol. The van der Waals surface area contributed by atoms with E-state index in [1.54, 1.807) is 19.2 Å². The first-order valence-corrected chi connectivity index (χ1v) is 11.2. The molecule has 0 saturated carbocycles. The van der Waals surface area contributed by atoms with E-state index in [4.69, 9.17) is 4.74 Å². The predicted molar refractivity (Wildman–Crippen MR) is 120 cm³/mol. The lowest BCUT2D eigenvalue weighted by atomic mass is 9.66. The third kappa shape index (κ3) is 4.67. The number of ketones is 1. The largest absolute Gasteiger partial charge is 0.497 e. The number of benzene rings is 2. The number of carboxylic acids is 1. The molecule has 0 bridgehead atoms. The number of aliphatic carboxylic acids is 1. The average molecular weight is 422 g/mol. The molecule has 0 aromatic heterocycles. The summed E-state index contributed by atoms with van der Waals surface area (Å²) in [6, 6.07) is 16.2. The molecule has 5 heteroatoms. The minimum Gasteiger partial charge on any atom is -0.497 e. The number of methoxy groups -OCH3 is 1. The molecule has 31 heavy (non-hydrogen) atoms. The van der Waals surface area contributed by atoms with Crippen LogP contribution in [-0.4, -0.2) is 48.5 Å². The molecule has 1 aliphatic carbocycles. The van der Waals surface area contributed by atoms with Gasteiger partial charge in [-0.1, -0.05) is 30.3 Å². The molecule has 1 unspecified atom stereocenters. The Hall–Kier alpha value is -2.66. The van der Waals surface area contributed by atoms with Crippen LogP contribution in [0.5, 0.6) is 5.75 Å². The molecule has 1 fully saturated rings. The lowest BCUT2D eigenvalue weighted by Crippen LogP contribution is -2.42. The van der Waals surface area contributed by atoms with Crippen molar-refractivity contribution in [1.29, 1.82) is 0 Å². The summed E-state index contributed by atoms with van der Waals surface area (Å²) in [5, 5.41) is 9.59. The fraction of sp³-hybridized carbons (Fsp3) is 0.462. The number of rotatable bonds is 7. The van der Waals surface area contributed by atoms with Gasteiger partial charge in [0, 0.05) is 11.0 Å². The van der Waals surface area contributed by atoms with Crippen molar-refractivity contribution in [1.82, 2.24) is 4.90 Å². The van der Waals surface area contributed by atoms with Gasteiger partial charge in [-0.05, 0) is 87.0 Å². The molecule has 4 rings (SSSR count). The van der Waals surface area contributed by atoms with Gasteiger partial charge in [-0.2, -0.15) is 0 Å². The van der Waals surface area contributed by atoms with Gasteiger partial charge < -0.3 is 14.7 Å². The zero-order valence-corrected chi connectivity index (χ0v) is 18.2. The molecule has 1 heterocycles. The summed E-state index contributed by atoms with van der Waals surface area (Å²) in [5.74, 6) is 0.410. The Bertz CT molecular complexity index is 934. The molecule has 0 radical (unpaired) electrons. The second kappa shape index (κ2) is 9.23. The van der Waals surface area contributed by atoms with E-state index in [1.165, 1.54) is 5.56 Å². The maximum absolute atomic E-state index is 13.5. The van der Waals surface area contributed by atoms with Crippen molar-refractivity contribution in [3.63, 3.8) is 0 Å². The first-order valence-electron chi connectivity index (χ1n) is 11.2. The van der Waals surface area contributed by atoms with E-state index in [0.29, 0.717) is 30.7 Å². The molecule has 0 spiro atoms. The van der Waals surface area contributed by atoms with Crippen LogP contribution in [0.3, 0.4) is 0 Å². The van der Waals surface area contributed by atoms with E-state index in [0.717, 1.165) is 43.8 Å². The second-order valence-electron chi connectivity index (χ2n) is 8.98. The maximum atomic E-state index is 13.5. The summed E-state index contributed by atoms with van der Waals surface area (Å²) >= 11 is 0. The third-order valence-electron chi connectivity index (χ3n) is 7.17. The summed E-state index contributed by atoms with van der Waals surface area (Å²) < 4.78 is 5.29. The van der Waals surface area contributed by atoms with Crippen LogP contribution in [0.2, 0.25) is 0 Å². The van der Waals surface area contributed by atoms with Crippen molar-refractivity contribution in [2.75, 3.05) is 26.7 Å². The summed E-state index contributed by atoms with van der Waals surface area (Å²) in [6.45, 7) is 2.75. The number of Topliss-reactive ketones (excluding diaryl/α,β-unsaturated/α-hetero) is 1. The van der Waals surface area contributed by atoms with E-state index in [9.17, 15) is 14.7 Å². The Morgan fingerprint density at radius 2 is 1.90 bits per heavy atom. The molecule has 164 valence electrons. The number of hydrogen-bond donors (Lipinski definition) is 1. The van der Waals surface area contributed by atoms with Crippen molar-refractivity contribution in [2.45, 2.75) is 44.4 Å². The molecule has 0 amide bonds. The van der Waals surface area contributed by atoms with Crippen LogP contribution in [0.15, 0.2) is 48.5 Å². The van der Waals surface area contributed by atoms with Crippen LogP contribution in [-0.2, 0) is 11.2 Å². The molecule has 1 aliphatic heterocycles. The van der Waals surface area contributed by atoms with Gasteiger partial charge in [-0.15, -0.1) is 0 Å². The number of carbonyl (C=O) groups is 2. The standard InChI is InChI=1S/C26H31NO4/c1-31-22-7-8-23-21(17-22)9-12-26(25(23)30,18-24(28)29)13-16-27-14-10-20(11-15-27)19-5-3-2-4-6-19/h2-8,17,20H,9-16,18H2,1H3,(H,28,29). The van der Waals surface area contributed by atoms with E-state index in [-0.39, 0.29) is 12.2 Å². The number of likely N-dealkylation sites (tertiary alicyclic amines) is 1. The van der Waals surface area contributed by atoms with Gasteiger partial charge in [-0.3, -0.25) is 9.59 Å². The van der Waals surface area contributed by atoms with Gasteiger partial charge in [0.15, 0.2) is 5.78 Å². The van der Waals surface area contributed by atoms with Gasteiger partial charge in [0.1, 0.15) is 5.75 Å². The Labute approximate surface area is 184 Å². The lowest BCUT2D eigenvalue weighted by Gasteiger charge is -2.39. The van der Waals surface area contributed by atoms with Gasteiger partial charge in [0.05, 0.1) is 13.5 Å². The molecule has 1 saturated heterocycles. The minimum absolute atomic E-state index is 0.0158. The quantitative estimate of drug-likeness (QED) is 0.710. The molecular formula is C26H31NO4. The summed E-state index contributed by atoms with van der Waals surface area (Å²) in [5.41, 5.74) is 2.22. The predicted octanol–water partition coefficient (Wildman–Crippen LogP) is 4.55. The summed E-state index contributed by atoms with van der Waals surface area (Å²) in [4.78, 5) is 27.6. The number of fused-ring (bicyclic) bond motifs is 1. The number of carboxylic acid groups (broad SMARTS) is 1. The Kier molecular flexibility index (Phi) is 6.42. The smallest absolute Gasteiger partial charge is 0.304 e. The number of carbonyl (C=O) groups excluding carboxylic acids is 1. The van der Waals surface area contributed by atoms with Crippen LogP contribution < -0.4 is 4.74 Å². The van der Waals surface area contributed by atoms with E-state index >= 15 is 0 Å². The topological polar surface area (TPSA) is 66.8 Å². The van der Waals surface area contributed by atoms with Crippen LogP contribution in [0.1, 0.15) is 59.5 Å². The lowest BCUT2D eigenvalue weighted by molar-refractivity contribution is -0.139. The average Bonchev–Trinajstić information content (AvgIpc) is 2.80. The minimum atomic E-state index is -0.895. The highest BCUT2D eigenvalue weighted by Gasteiger charge is 2.44. The number of ether oxygens (including phenoxy) is 1. The SMILES string of the molecule is COc1ccc2c(c1)CCC(CCN1CCC(c3ccccc3)CC1)(CC(=O)O)C2=O. The first kappa shape index (κ1) is 21.6. The van der Waals surface area contributed by atoms with E-state index in [2.05, 4.69) is 35.2 Å². The highest BCUT2D eigenvalue weighted by molar-refractivity contribution is 6.04. The van der Waals surface area contributed by atoms with Gasteiger partial charge in [0.25, 0.3) is 0 Å². The van der Waals surface area contributed by atoms with Crippen molar-refractivity contribution in [3.8, 4) is 5.75 Å². The molecule has 2 aromatic rings. The van der Waals surface area contributed by atoms with E-state index in [1.807, 2.05) is 6.07 Å². The molecule has 2 aliphatic rings. The van der Waals surface area contributed by atoms with Gasteiger partial charge in [0.2, 0.25) is 0 Å². The molecule has 1 N–H and O–H groups in total. The Morgan fingerprint density at radius 3 is 2.58 bits per heavy atom. The summed E-state index contributed by atoms with van der Waals surface area (Å²) in [7, 11) is 1.61.